The summed E-state index contributed by atoms with van der Waals surface area (Å²) in [5, 5.41) is 0. The maximum atomic E-state index is 13.0. The molecule has 3 aromatic rings. The van der Waals surface area contributed by atoms with Crippen molar-refractivity contribution in [3.05, 3.63) is 46.1 Å². The molecule has 2 heterocycles. The van der Waals surface area contributed by atoms with E-state index in [1.165, 1.54) is 19.2 Å². The summed E-state index contributed by atoms with van der Waals surface area (Å²) in [7, 11) is -2.43. The first-order valence-corrected chi connectivity index (χ1v) is 11.8. The number of rotatable bonds is 6. The molecule has 8 nitrogen and oxygen atoms in total. The fourth-order valence-corrected chi connectivity index (χ4v) is 5.66. The molecule has 158 valence electrons. The first kappa shape index (κ1) is 20.4. The quantitative estimate of drug-likeness (QED) is 0.626. The second-order valence-electron chi connectivity index (χ2n) is 6.88. The Balaban J connectivity index is 1.69. The number of amides is 1. The lowest BCUT2D eigenvalue weighted by Crippen LogP contribution is -2.24. The zero-order valence-electron chi connectivity index (χ0n) is 16.5. The number of nitrogens with one attached hydrogen (secondary N) is 1. The van der Waals surface area contributed by atoms with Gasteiger partial charge in [-0.05, 0) is 49.7 Å². The van der Waals surface area contributed by atoms with Gasteiger partial charge in [0.1, 0.15) is 5.75 Å². The lowest BCUT2D eigenvalue weighted by atomic mass is 10.2. The molecule has 1 N–H and O–H groups in total. The van der Waals surface area contributed by atoms with Crippen LogP contribution in [0.3, 0.4) is 0 Å². The van der Waals surface area contributed by atoms with Gasteiger partial charge in [0, 0.05) is 19.5 Å². The second-order valence-corrected chi connectivity index (χ2v) is 9.56. The van der Waals surface area contributed by atoms with E-state index in [0.29, 0.717) is 41.3 Å². The van der Waals surface area contributed by atoms with E-state index in [9.17, 15) is 18.0 Å². The zero-order valence-corrected chi connectivity index (χ0v) is 18.2. The number of aromatic nitrogens is 1. The lowest BCUT2D eigenvalue weighted by Gasteiger charge is -2.20. The fraction of sp³-hybridized carbons (Fsp3) is 0.300. The average molecular weight is 448 g/mol. The molecule has 1 aromatic heterocycles. The smallest absolute Gasteiger partial charge is 0.308 e. The number of thiazole rings is 1. The van der Waals surface area contributed by atoms with Crippen molar-refractivity contribution < 1.29 is 17.9 Å². The Kier molecular flexibility index (Phi) is 5.29. The van der Waals surface area contributed by atoms with Crippen LogP contribution in [0.5, 0.6) is 5.75 Å². The third kappa shape index (κ3) is 3.56. The fourth-order valence-electron chi connectivity index (χ4n) is 3.59. The molecule has 1 fully saturated rings. The summed E-state index contributed by atoms with van der Waals surface area (Å²) in [4.78, 5) is 25.7. The minimum absolute atomic E-state index is 0.0254. The summed E-state index contributed by atoms with van der Waals surface area (Å²) in [6.07, 6.45) is 1.15. The van der Waals surface area contributed by atoms with Gasteiger partial charge in [0.15, 0.2) is 0 Å². The number of carbonyl (C=O) groups is 1. The van der Waals surface area contributed by atoms with Gasteiger partial charge in [0.25, 0.3) is 10.0 Å². The van der Waals surface area contributed by atoms with Crippen LogP contribution in [-0.4, -0.2) is 32.5 Å². The molecule has 0 spiro atoms. The monoisotopic (exact) mass is 447 g/mol. The van der Waals surface area contributed by atoms with E-state index in [-0.39, 0.29) is 15.7 Å². The number of fused-ring (bicyclic) bond motifs is 1. The van der Waals surface area contributed by atoms with Gasteiger partial charge in [-0.15, -0.1) is 0 Å². The molecule has 2 aromatic carbocycles. The van der Waals surface area contributed by atoms with Gasteiger partial charge in [-0.3, -0.25) is 18.9 Å². The van der Waals surface area contributed by atoms with Crippen LogP contribution < -0.4 is 19.2 Å². The molecule has 0 atom stereocenters. The van der Waals surface area contributed by atoms with Crippen molar-refractivity contribution >= 4 is 48.9 Å². The Morgan fingerprint density at radius 2 is 1.97 bits per heavy atom. The maximum Gasteiger partial charge on any atom is 0.308 e. The molecular formula is C20H21N3O5S2. The van der Waals surface area contributed by atoms with Crippen molar-refractivity contribution in [3.8, 4) is 5.75 Å². The van der Waals surface area contributed by atoms with E-state index in [1.807, 2.05) is 6.92 Å². The molecule has 10 heteroatoms. The second kappa shape index (κ2) is 7.77. The highest BCUT2D eigenvalue weighted by Crippen LogP contribution is 2.34. The van der Waals surface area contributed by atoms with Gasteiger partial charge < -0.3 is 9.64 Å². The van der Waals surface area contributed by atoms with E-state index < -0.39 is 10.0 Å². The number of hydrogen-bond acceptors (Lipinski definition) is 6. The third-order valence-corrected chi connectivity index (χ3v) is 7.38. The number of aryl methyl sites for hydroxylation is 1. The van der Waals surface area contributed by atoms with E-state index in [2.05, 4.69) is 4.72 Å². The Labute approximate surface area is 177 Å². The number of carbonyl (C=O) groups excluding carboxylic acids is 1. The molecule has 1 aliphatic rings. The van der Waals surface area contributed by atoms with Crippen LogP contribution in [-0.2, 0) is 21.4 Å². The number of sulfonamides is 1. The van der Waals surface area contributed by atoms with Gasteiger partial charge >= 0.3 is 4.87 Å². The number of methoxy groups -OCH3 is 1. The van der Waals surface area contributed by atoms with Crippen LogP contribution >= 0.6 is 11.3 Å². The summed E-state index contributed by atoms with van der Waals surface area (Å²) in [5.74, 6) is 0.382. The van der Waals surface area contributed by atoms with Gasteiger partial charge in [-0.1, -0.05) is 11.3 Å². The van der Waals surface area contributed by atoms with Gasteiger partial charge in [0.05, 0.1) is 33.6 Å². The Bertz CT molecular complexity index is 1290. The summed E-state index contributed by atoms with van der Waals surface area (Å²) in [5.41, 5.74) is 1.58. The Hall–Kier alpha value is -2.85. The zero-order chi connectivity index (χ0) is 21.5. The van der Waals surface area contributed by atoms with Crippen molar-refractivity contribution in [2.45, 2.75) is 31.2 Å². The summed E-state index contributed by atoms with van der Waals surface area (Å²) >= 11 is 1.08. The molecule has 30 heavy (non-hydrogen) atoms. The highest BCUT2D eigenvalue weighted by atomic mass is 32.2. The maximum absolute atomic E-state index is 13.0. The van der Waals surface area contributed by atoms with Crippen molar-refractivity contribution in [1.29, 1.82) is 0 Å². The standard InChI is InChI=1S/C20H21N3O5S2/c1-3-22-15-8-6-13(11-18(15)29-20(22)25)21-30(26,27)14-7-9-17(28-2)16(12-14)23-10-4-5-19(23)24/h6-9,11-12,21H,3-5,10H2,1-2H3. The molecule has 0 bridgehead atoms. The number of ether oxygens (including phenoxy) is 1. The predicted octanol–water partition coefficient (Wildman–Crippen LogP) is 3.02. The minimum atomic E-state index is -3.91. The number of benzene rings is 2. The number of nitrogens with zero attached hydrogens (tertiary/aromatic N) is 2. The van der Waals surface area contributed by atoms with Crippen LogP contribution in [0.15, 0.2) is 46.1 Å². The highest BCUT2D eigenvalue weighted by Gasteiger charge is 2.26. The normalized spacial score (nSPS) is 14.5. The van der Waals surface area contributed by atoms with E-state index in [4.69, 9.17) is 4.74 Å². The Morgan fingerprint density at radius 1 is 1.17 bits per heavy atom. The lowest BCUT2D eigenvalue weighted by molar-refractivity contribution is -0.117. The summed E-state index contributed by atoms with van der Waals surface area (Å²) in [6, 6.07) is 9.46. The Morgan fingerprint density at radius 3 is 2.63 bits per heavy atom. The topological polar surface area (TPSA) is 97.7 Å². The average Bonchev–Trinajstić information content (AvgIpc) is 3.28. The van der Waals surface area contributed by atoms with Gasteiger partial charge in [-0.2, -0.15) is 0 Å². The summed E-state index contributed by atoms with van der Waals surface area (Å²) in [6.45, 7) is 2.96. The van der Waals surface area contributed by atoms with Gasteiger partial charge in [-0.25, -0.2) is 8.42 Å². The molecule has 1 amide bonds. The van der Waals surface area contributed by atoms with E-state index in [0.717, 1.165) is 23.3 Å². The van der Waals surface area contributed by atoms with Crippen LogP contribution in [0, 0.1) is 0 Å². The molecule has 0 unspecified atom stereocenters. The molecule has 1 aliphatic heterocycles. The molecule has 0 radical (unpaired) electrons. The molecule has 4 rings (SSSR count). The molecule has 1 saturated heterocycles. The SMILES string of the molecule is CCn1c(=O)sc2cc(NS(=O)(=O)c3ccc(OC)c(N4CCCC4=O)c3)ccc21. The van der Waals surface area contributed by atoms with Crippen molar-refractivity contribution in [3.63, 3.8) is 0 Å². The van der Waals surface area contributed by atoms with Crippen molar-refractivity contribution in [2.24, 2.45) is 0 Å². The third-order valence-electron chi connectivity index (χ3n) is 5.06. The predicted molar refractivity (Wildman–Crippen MR) is 117 cm³/mol. The summed E-state index contributed by atoms with van der Waals surface area (Å²) < 4.78 is 36.2. The number of anilines is 2. The first-order chi connectivity index (χ1) is 14.3. The van der Waals surface area contributed by atoms with E-state index in [1.54, 1.807) is 33.7 Å². The van der Waals surface area contributed by atoms with Crippen LogP contribution in [0.4, 0.5) is 11.4 Å². The van der Waals surface area contributed by atoms with Gasteiger partial charge in [0.2, 0.25) is 5.91 Å². The molecule has 0 saturated carbocycles. The van der Waals surface area contributed by atoms with Crippen LogP contribution in [0.2, 0.25) is 0 Å². The van der Waals surface area contributed by atoms with Crippen LogP contribution in [0.25, 0.3) is 10.2 Å². The largest absolute Gasteiger partial charge is 0.495 e. The minimum Gasteiger partial charge on any atom is -0.495 e. The van der Waals surface area contributed by atoms with Crippen LogP contribution in [0.1, 0.15) is 19.8 Å². The highest BCUT2D eigenvalue weighted by molar-refractivity contribution is 7.92. The first-order valence-electron chi connectivity index (χ1n) is 9.48. The molecular weight excluding hydrogens is 426 g/mol. The van der Waals surface area contributed by atoms with Crippen molar-refractivity contribution in [2.75, 3.05) is 23.3 Å². The molecule has 0 aliphatic carbocycles. The van der Waals surface area contributed by atoms with Crippen molar-refractivity contribution in [1.82, 2.24) is 4.57 Å². The number of hydrogen-bond donors (Lipinski definition) is 1. The van der Waals surface area contributed by atoms with E-state index >= 15 is 0 Å².